The van der Waals surface area contributed by atoms with Gasteiger partial charge in [0.2, 0.25) is 0 Å². The molecule has 1 amide bonds. The van der Waals surface area contributed by atoms with Crippen LogP contribution >= 0.6 is 0 Å². The molecule has 5 heteroatoms. The predicted molar refractivity (Wildman–Crippen MR) is 81.2 cm³/mol. The Bertz CT molecular complexity index is 710. The van der Waals surface area contributed by atoms with Crippen LogP contribution in [0.15, 0.2) is 18.2 Å². The van der Waals surface area contributed by atoms with Crippen LogP contribution in [0.25, 0.3) is 11.0 Å². The van der Waals surface area contributed by atoms with E-state index in [2.05, 4.69) is 21.8 Å². The molecule has 1 saturated carbocycles. The number of imidazole rings is 1. The molecule has 1 aliphatic carbocycles. The number of primary amides is 1. The van der Waals surface area contributed by atoms with Crippen LogP contribution in [0.4, 0.5) is 0 Å². The van der Waals surface area contributed by atoms with E-state index in [4.69, 9.17) is 5.73 Å². The molecule has 2 aliphatic rings. The summed E-state index contributed by atoms with van der Waals surface area (Å²) >= 11 is 0. The second kappa shape index (κ2) is 4.31. The van der Waals surface area contributed by atoms with E-state index in [-0.39, 0.29) is 5.41 Å². The molecule has 0 radical (unpaired) electrons. The van der Waals surface area contributed by atoms with Gasteiger partial charge in [-0.15, -0.1) is 0 Å². The molecule has 110 valence electrons. The summed E-state index contributed by atoms with van der Waals surface area (Å²) < 4.78 is 0. The van der Waals surface area contributed by atoms with Gasteiger partial charge in [0.05, 0.1) is 16.5 Å². The topological polar surface area (TPSA) is 75.0 Å². The van der Waals surface area contributed by atoms with Crippen LogP contribution in [0, 0.1) is 0 Å². The van der Waals surface area contributed by atoms with Crippen molar-refractivity contribution in [2.45, 2.75) is 37.6 Å². The zero-order valence-corrected chi connectivity index (χ0v) is 12.2. The van der Waals surface area contributed by atoms with E-state index in [0.717, 1.165) is 30.5 Å². The van der Waals surface area contributed by atoms with Gasteiger partial charge in [-0.05, 0) is 25.0 Å². The number of benzene rings is 1. The summed E-state index contributed by atoms with van der Waals surface area (Å²) in [7, 11) is 0. The summed E-state index contributed by atoms with van der Waals surface area (Å²) in [5, 5.41) is 0. The zero-order valence-electron chi connectivity index (χ0n) is 12.2. The van der Waals surface area contributed by atoms with Crippen molar-refractivity contribution in [2.24, 2.45) is 5.73 Å². The number of likely N-dealkylation sites (tertiary alicyclic amines) is 1. The van der Waals surface area contributed by atoms with Crippen molar-refractivity contribution >= 4 is 16.9 Å². The van der Waals surface area contributed by atoms with E-state index in [9.17, 15) is 4.79 Å². The number of H-pyrrole nitrogens is 1. The van der Waals surface area contributed by atoms with Crippen molar-refractivity contribution < 1.29 is 4.79 Å². The lowest BCUT2D eigenvalue weighted by Gasteiger charge is -2.53. The first-order valence-corrected chi connectivity index (χ1v) is 7.60. The Balaban J connectivity index is 1.65. The van der Waals surface area contributed by atoms with Crippen molar-refractivity contribution in [3.05, 3.63) is 29.6 Å². The van der Waals surface area contributed by atoms with Crippen LogP contribution in [0.1, 0.15) is 42.4 Å². The van der Waals surface area contributed by atoms with Crippen LogP contribution < -0.4 is 5.73 Å². The summed E-state index contributed by atoms with van der Waals surface area (Å²) in [5.74, 6) is 0.551. The summed E-state index contributed by atoms with van der Waals surface area (Å²) in [5.41, 5.74) is 7.57. The Morgan fingerprint density at radius 2 is 2.19 bits per heavy atom. The number of carbonyl (C=O) groups is 1. The maximum atomic E-state index is 11.5. The molecule has 0 atom stereocenters. The maximum absolute atomic E-state index is 11.5. The van der Waals surface area contributed by atoms with Crippen LogP contribution in [0.2, 0.25) is 0 Å². The molecule has 4 rings (SSSR count). The smallest absolute Gasteiger partial charge is 0.250 e. The van der Waals surface area contributed by atoms with Crippen LogP contribution in [0.3, 0.4) is 0 Å². The van der Waals surface area contributed by atoms with Gasteiger partial charge in [-0.2, -0.15) is 0 Å². The molecule has 2 heterocycles. The molecule has 1 aromatic carbocycles. The van der Waals surface area contributed by atoms with Gasteiger partial charge in [0.15, 0.2) is 0 Å². The van der Waals surface area contributed by atoms with Gasteiger partial charge in [0.1, 0.15) is 11.3 Å². The Hall–Kier alpha value is -1.88. The maximum Gasteiger partial charge on any atom is 0.250 e. The third-order valence-corrected chi connectivity index (χ3v) is 5.05. The Morgan fingerprint density at radius 1 is 1.43 bits per heavy atom. The molecule has 1 aromatic heterocycles. The van der Waals surface area contributed by atoms with Crippen molar-refractivity contribution in [1.29, 1.82) is 0 Å². The van der Waals surface area contributed by atoms with Crippen LogP contribution in [-0.2, 0) is 5.41 Å². The molecule has 21 heavy (non-hydrogen) atoms. The zero-order chi connectivity index (χ0) is 14.6. The first-order valence-electron chi connectivity index (χ1n) is 7.60. The lowest BCUT2D eigenvalue weighted by Crippen LogP contribution is -2.62. The first kappa shape index (κ1) is 12.8. The minimum atomic E-state index is -0.423. The van der Waals surface area contributed by atoms with Crippen molar-refractivity contribution in [3.8, 4) is 0 Å². The molecule has 2 aromatic rings. The Labute approximate surface area is 123 Å². The van der Waals surface area contributed by atoms with E-state index in [1.54, 1.807) is 6.07 Å². The lowest BCUT2D eigenvalue weighted by molar-refractivity contribution is -0.00153. The number of aromatic amines is 1. The van der Waals surface area contributed by atoms with Gasteiger partial charge in [-0.25, -0.2) is 4.98 Å². The normalized spacial score (nSPS) is 22.0. The number of nitrogens with zero attached hydrogens (tertiary/aromatic N) is 2. The number of nitrogens with one attached hydrogen (secondary N) is 1. The molecule has 0 bridgehead atoms. The molecular formula is C16H20N4O. The lowest BCUT2D eigenvalue weighted by atomic mass is 9.77. The second-order valence-corrected chi connectivity index (χ2v) is 6.70. The molecule has 0 spiro atoms. The Morgan fingerprint density at radius 3 is 2.81 bits per heavy atom. The number of para-hydroxylation sites is 1. The number of carbonyl (C=O) groups excluding carboxylic acids is 1. The van der Waals surface area contributed by atoms with E-state index in [1.807, 2.05) is 12.1 Å². The highest BCUT2D eigenvalue weighted by Gasteiger charge is 2.46. The summed E-state index contributed by atoms with van der Waals surface area (Å²) in [4.78, 5) is 22.1. The van der Waals surface area contributed by atoms with E-state index >= 15 is 0 Å². The fraction of sp³-hybridized carbons (Fsp3) is 0.500. The average molecular weight is 284 g/mol. The summed E-state index contributed by atoms with van der Waals surface area (Å²) in [6.45, 7) is 4.33. The van der Waals surface area contributed by atoms with Gasteiger partial charge in [0.25, 0.3) is 5.91 Å². The molecule has 1 saturated heterocycles. The third kappa shape index (κ3) is 1.87. The number of nitrogens with two attached hydrogens (primary N) is 1. The van der Waals surface area contributed by atoms with E-state index in [1.165, 1.54) is 19.3 Å². The third-order valence-electron chi connectivity index (χ3n) is 5.05. The first-order chi connectivity index (χ1) is 10.1. The van der Waals surface area contributed by atoms with Gasteiger partial charge >= 0.3 is 0 Å². The monoisotopic (exact) mass is 284 g/mol. The number of hydrogen-bond acceptors (Lipinski definition) is 3. The number of rotatable bonds is 3. The molecule has 1 aliphatic heterocycles. The second-order valence-electron chi connectivity index (χ2n) is 6.70. The highest BCUT2D eigenvalue weighted by atomic mass is 16.1. The average Bonchev–Trinajstić information content (AvgIpc) is 2.78. The minimum absolute atomic E-state index is 0.0591. The molecule has 5 nitrogen and oxygen atoms in total. The number of aromatic nitrogens is 2. The standard InChI is InChI=1S/C16H20N4O/c1-16(8-20(9-16)10-4-2-5-10)15-18-12-7-3-6-11(14(17)21)13(12)19-15/h3,6-7,10H,2,4-5,8-9H2,1H3,(H2,17,21)(H,18,19). The number of hydrogen-bond donors (Lipinski definition) is 2. The number of amides is 1. The molecule has 3 N–H and O–H groups in total. The van der Waals surface area contributed by atoms with Gasteiger partial charge in [-0.1, -0.05) is 19.4 Å². The fourth-order valence-corrected chi connectivity index (χ4v) is 3.53. The molecular weight excluding hydrogens is 264 g/mol. The van der Waals surface area contributed by atoms with Gasteiger partial charge in [-0.3, -0.25) is 9.69 Å². The SMILES string of the molecule is CC1(c2nc3c(C(N)=O)cccc3[nH]2)CN(C2CCC2)C1. The minimum Gasteiger partial charge on any atom is -0.366 e. The largest absolute Gasteiger partial charge is 0.366 e. The van der Waals surface area contributed by atoms with E-state index < -0.39 is 5.91 Å². The highest BCUT2D eigenvalue weighted by molar-refractivity contribution is 6.04. The predicted octanol–water partition coefficient (Wildman–Crippen LogP) is 1.79. The van der Waals surface area contributed by atoms with Crippen molar-refractivity contribution in [3.63, 3.8) is 0 Å². The fourth-order valence-electron chi connectivity index (χ4n) is 3.53. The van der Waals surface area contributed by atoms with Crippen molar-refractivity contribution in [1.82, 2.24) is 14.9 Å². The van der Waals surface area contributed by atoms with Gasteiger partial charge in [0, 0.05) is 19.1 Å². The van der Waals surface area contributed by atoms with Crippen LogP contribution in [0.5, 0.6) is 0 Å². The summed E-state index contributed by atoms with van der Waals surface area (Å²) in [6, 6.07) is 6.31. The van der Waals surface area contributed by atoms with Crippen molar-refractivity contribution in [2.75, 3.05) is 13.1 Å². The number of fused-ring (bicyclic) bond motifs is 1. The highest BCUT2D eigenvalue weighted by Crippen LogP contribution is 2.39. The van der Waals surface area contributed by atoms with Gasteiger partial charge < -0.3 is 10.7 Å². The Kier molecular flexibility index (Phi) is 2.63. The quantitative estimate of drug-likeness (QED) is 0.902. The summed E-state index contributed by atoms with van der Waals surface area (Å²) in [6.07, 6.45) is 4.04. The molecule has 2 fully saturated rings. The molecule has 0 unspecified atom stereocenters. The van der Waals surface area contributed by atoms with Crippen LogP contribution in [-0.4, -0.2) is 39.9 Å². The van der Waals surface area contributed by atoms with E-state index in [0.29, 0.717) is 11.1 Å².